The second kappa shape index (κ2) is 7.03. The molecule has 0 bridgehead atoms. The van der Waals surface area contributed by atoms with E-state index in [1.807, 2.05) is 0 Å². The first-order chi connectivity index (χ1) is 8.56. The monoisotopic (exact) mass is 254 g/mol. The van der Waals surface area contributed by atoms with Crippen LogP contribution >= 0.6 is 0 Å². The van der Waals surface area contributed by atoms with E-state index in [1.165, 1.54) is 7.11 Å². The zero-order chi connectivity index (χ0) is 13.5. The van der Waals surface area contributed by atoms with E-state index in [2.05, 4.69) is 4.74 Å². The lowest BCUT2D eigenvalue weighted by Gasteiger charge is -2.05. The van der Waals surface area contributed by atoms with Gasteiger partial charge >= 0.3 is 5.97 Å². The van der Waals surface area contributed by atoms with Gasteiger partial charge in [0.05, 0.1) is 19.4 Å². The van der Waals surface area contributed by atoms with Gasteiger partial charge in [-0.25, -0.2) is 0 Å². The third-order valence-corrected chi connectivity index (χ3v) is 3.17. The van der Waals surface area contributed by atoms with E-state index in [9.17, 15) is 19.2 Å². The molecule has 0 N–H and O–H groups in total. The number of ether oxygens (including phenoxy) is 1. The molecule has 0 aromatic heterocycles. The molecule has 18 heavy (non-hydrogen) atoms. The van der Waals surface area contributed by atoms with Crippen LogP contribution < -0.4 is 0 Å². The van der Waals surface area contributed by atoms with E-state index in [-0.39, 0.29) is 18.2 Å². The van der Waals surface area contributed by atoms with Crippen molar-refractivity contribution in [1.82, 2.24) is 0 Å². The predicted octanol–water partition coefficient (Wildman–Crippen LogP) is 1.23. The normalized spacial score (nSPS) is 19.4. The molecule has 1 atom stereocenters. The minimum Gasteiger partial charge on any atom is -0.469 e. The van der Waals surface area contributed by atoms with Crippen molar-refractivity contribution >= 4 is 23.3 Å². The van der Waals surface area contributed by atoms with Crippen LogP contribution in [0.4, 0.5) is 0 Å². The average Bonchev–Trinajstić information content (AvgIpc) is 2.59. The van der Waals surface area contributed by atoms with Gasteiger partial charge in [0, 0.05) is 6.42 Å². The molecule has 0 amide bonds. The van der Waals surface area contributed by atoms with Crippen molar-refractivity contribution in [1.29, 1.82) is 0 Å². The van der Waals surface area contributed by atoms with Crippen LogP contribution in [0.5, 0.6) is 0 Å². The number of Topliss-reactive ketones (excluding diaryl/α,β-unsaturated/α-hetero) is 3. The summed E-state index contributed by atoms with van der Waals surface area (Å²) >= 11 is 0. The Balaban J connectivity index is 2.11. The summed E-state index contributed by atoms with van der Waals surface area (Å²) in [6.45, 7) is 0. The molecule has 1 aliphatic carbocycles. The van der Waals surface area contributed by atoms with Gasteiger partial charge in [0.15, 0.2) is 5.78 Å². The first kappa shape index (κ1) is 14.5. The van der Waals surface area contributed by atoms with Crippen molar-refractivity contribution < 1.29 is 23.9 Å². The molecular formula is C13H18O5. The highest BCUT2D eigenvalue weighted by atomic mass is 16.5. The summed E-state index contributed by atoms with van der Waals surface area (Å²) in [5, 5.41) is 0. The molecule has 0 radical (unpaired) electrons. The van der Waals surface area contributed by atoms with Crippen LogP contribution in [0.15, 0.2) is 0 Å². The summed E-state index contributed by atoms with van der Waals surface area (Å²) in [6.07, 6.45) is 3.83. The Morgan fingerprint density at radius 1 is 1.17 bits per heavy atom. The van der Waals surface area contributed by atoms with Crippen LogP contribution in [0.1, 0.15) is 44.9 Å². The number of rotatable bonds is 7. The smallest absolute Gasteiger partial charge is 0.305 e. The van der Waals surface area contributed by atoms with E-state index in [0.717, 1.165) is 25.7 Å². The fourth-order valence-electron chi connectivity index (χ4n) is 2.07. The Morgan fingerprint density at radius 2 is 1.83 bits per heavy atom. The highest BCUT2D eigenvalue weighted by Gasteiger charge is 2.39. The molecule has 0 spiro atoms. The zero-order valence-corrected chi connectivity index (χ0v) is 10.6. The van der Waals surface area contributed by atoms with Crippen LogP contribution in [0.2, 0.25) is 0 Å². The molecule has 1 rings (SSSR count). The van der Waals surface area contributed by atoms with Gasteiger partial charge in [-0.1, -0.05) is 19.3 Å². The van der Waals surface area contributed by atoms with Gasteiger partial charge in [0.2, 0.25) is 11.6 Å². The van der Waals surface area contributed by atoms with Gasteiger partial charge < -0.3 is 4.74 Å². The summed E-state index contributed by atoms with van der Waals surface area (Å²) in [5.41, 5.74) is 0. The summed E-state index contributed by atoms with van der Waals surface area (Å²) in [6, 6.07) is 0. The van der Waals surface area contributed by atoms with Gasteiger partial charge in [0.1, 0.15) is 0 Å². The first-order valence-corrected chi connectivity index (χ1v) is 6.23. The van der Waals surface area contributed by atoms with E-state index in [4.69, 9.17) is 0 Å². The molecule has 100 valence electrons. The van der Waals surface area contributed by atoms with Crippen LogP contribution in [0.25, 0.3) is 0 Å². The lowest BCUT2D eigenvalue weighted by atomic mass is 9.97. The van der Waals surface area contributed by atoms with Crippen LogP contribution in [0.3, 0.4) is 0 Å². The number of unbranched alkanes of at least 4 members (excludes halogenated alkanes) is 3. The average molecular weight is 254 g/mol. The largest absolute Gasteiger partial charge is 0.469 e. The fraction of sp³-hybridized carbons (Fsp3) is 0.692. The topological polar surface area (TPSA) is 77.5 Å². The summed E-state index contributed by atoms with van der Waals surface area (Å²) in [4.78, 5) is 44.5. The predicted molar refractivity (Wildman–Crippen MR) is 62.8 cm³/mol. The summed E-state index contributed by atoms with van der Waals surface area (Å²) < 4.78 is 4.51. The lowest BCUT2D eigenvalue weighted by Crippen LogP contribution is -2.16. The van der Waals surface area contributed by atoms with Crippen LogP contribution in [-0.4, -0.2) is 30.4 Å². The van der Waals surface area contributed by atoms with E-state index >= 15 is 0 Å². The molecule has 0 heterocycles. The number of esters is 1. The Morgan fingerprint density at radius 3 is 2.39 bits per heavy atom. The zero-order valence-electron chi connectivity index (χ0n) is 10.6. The summed E-state index contributed by atoms with van der Waals surface area (Å²) in [5.74, 6) is -2.22. The van der Waals surface area contributed by atoms with Crippen molar-refractivity contribution in [3.8, 4) is 0 Å². The number of hydrogen-bond donors (Lipinski definition) is 0. The van der Waals surface area contributed by atoms with E-state index in [0.29, 0.717) is 12.8 Å². The maximum Gasteiger partial charge on any atom is 0.305 e. The molecular weight excluding hydrogens is 236 g/mol. The number of carbonyl (C=O) groups is 4. The van der Waals surface area contributed by atoms with Crippen molar-refractivity contribution in [3.63, 3.8) is 0 Å². The highest BCUT2D eigenvalue weighted by Crippen LogP contribution is 2.21. The van der Waals surface area contributed by atoms with Crippen molar-refractivity contribution in [2.24, 2.45) is 5.92 Å². The third-order valence-electron chi connectivity index (χ3n) is 3.17. The lowest BCUT2D eigenvalue weighted by molar-refractivity contribution is -0.140. The minimum absolute atomic E-state index is 0.216. The van der Waals surface area contributed by atoms with Crippen LogP contribution in [0, 0.1) is 5.92 Å². The number of hydrogen-bond acceptors (Lipinski definition) is 5. The number of ketones is 3. The van der Waals surface area contributed by atoms with Gasteiger partial charge in [-0.05, 0) is 12.8 Å². The Labute approximate surface area is 106 Å². The SMILES string of the molecule is COC(=O)CCCCCCC1C(=O)CC(=O)C1=O. The second-order valence-corrected chi connectivity index (χ2v) is 4.51. The number of carbonyl (C=O) groups excluding carboxylic acids is 4. The van der Waals surface area contributed by atoms with Crippen molar-refractivity contribution in [2.75, 3.05) is 7.11 Å². The van der Waals surface area contributed by atoms with E-state index in [1.54, 1.807) is 0 Å². The molecule has 1 unspecified atom stereocenters. The molecule has 1 fully saturated rings. The van der Waals surface area contributed by atoms with Crippen molar-refractivity contribution in [2.45, 2.75) is 44.9 Å². The van der Waals surface area contributed by atoms with Gasteiger partial charge in [-0.2, -0.15) is 0 Å². The van der Waals surface area contributed by atoms with Gasteiger partial charge in [-0.15, -0.1) is 0 Å². The summed E-state index contributed by atoms with van der Waals surface area (Å²) in [7, 11) is 1.36. The quantitative estimate of drug-likeness (QED) is 0.295. The molecule has 0 saturated heterocycles. The Kier molecular flexibility index (Phi) is 5.68. The number of methoxy groups -OCH3 is 1. The van der Waals surface area contributed by atoms with E-state index < -0.39 is 17.5 Å². The second-order valence-electron chi connectivity index (χ2n) is 4.51. The van der Waals surface area contributed by atoms with Crippen molar-refractivity contribution in [3.05, 3.63) is 0 Å². The Bertz CT molecular complexity index is 358. The molecule has 0 aromatic carbocycles. The molecule has 0 aromatic rings. The van der Waals surface area contributed by atoms with Gasteiger partial charge in [0.25, 0.3) is 0 Å². The van der Waals surface area contributed by atoms with Gasteiger partial charge in [-0.3, -0.25) is 19.2 Å². The first-order valence-electron chi connectivity index (χ1n) is 6.23. The fourth-order valence-corrected chi connectivity index (χ4v) is 2.07. The highest BCUT2D eigenvalue weighted by molar-refractivity contribution is 6.49. The standard InChI is InChI=1S/C13H18O5/c1-18-12(16)7-5-3-2-4-6-9-10(14)8-11(15)13(9)17/h9H,2-8H2,1H3. The Hall–Kier alpha value is -1.52. The van der Waals surface area contributed by atoms with Crippen LogP contribution in [-0.2, 0) is 23.9 Å². The maximum absolute atomic E-state index is 11.3. The maximum atomic E-state index is 11.3. The molecule has 5 nitrogen and oxygen atoms in total. The molecule has 5 heteroatoms. The minimum atomic E-state index is -0.696. The third kappa shape index (κ3) is 4.05. The molecule has 0 aliphatic heterocycles. The molecule has 1 aliphatic rings. The molecule has 1 saturated carbocycles.